The summed E-state index contributed by atoms with van der Waals surface area (Å²) in [4.78, 5) is 25.4. The minimum atomic E-state index is -0.609. The molecule has 162 valence electrons. The second kappa shape index (κ2) is 9.26. The SMILES string of the molecule is COc1ccc([C@H]2C=C(c3ccccc3)NN2C(=O)COC(=O)c2cccc(N)c2)cc1. The van der Waals surface area contributed by atoms with Crippen molar-refractivity contribution in [1.29, 1.82) is 0 Å². The van der Waals surface area contributed by atoms with Gasteiger partial charge < -0.3 is 15.2 Å². The first-order valence-electron chi connectivity index (χ1n) is 10.1. The lowest BCUT2D eigenvalue weighted by Crippen LogP contribution is -2.42. The fourth-order valence-corrected chi connectivity index (χ4v) is 3.46. The highest BCUT2D eigenvalue weighted by Gasteiger charge is 2.31. The van der Waals surface area contributed by atoms with Crippen molar-refractivity contribution in [3.63, 3.8) is 0 Å². The van der Waals surface area contributed by atoms with Gasteiger partial charge in [-0.05, 0) is 47.5 Å². The minimum absolute atomic E-state index is 0.294. The Morgan fingerprint density at radius 3 is 2.44 bits per heavy atom. The van der Waals surface area contributed by atoms with Crippen LogP contribution in [0, 0.1) is 0 Å². The molecule has 3 aromatic rings. The molecule has 0 aliphatic carbocycles. The van der Waals surface area contributed by atoms with E-state index in [1.165, 1.54) is 11.1 Å². The van der Waals surface area contributed by atoms with Gasteiger partial charge in [0.05, 0.1) is 24.4 Å². The van der Waals surface area contributed by atoms with Crippen LogP contribution < -0.4 is 15.9 Å². The van der Waals surface area contributed by atoms with Crippen LogP contribution in [0.15, 0.2) is 84.9 Å². The molecule has 0 unspecified atom stereocenters. The number of carbonyl (C=O) groups excluding carboxylic acids is 2. The van der Waals surface area contributed by atoms with E-state index in [2.05, 4.69) is 5.43 Å². The molecule has 0 aromatic heterocycles. The number of carbonyl (C=O) groups is 2. The Kier molecular flexibility index (Phi) is 6.07. The fourth-order valence-electron chi connectivity index (χ4n) is 3.46. The smallest absolute Gasteiger partial charge is 0.338 e. The molecule has 7 nitrogen and oxygen atoms in total. The van der Waals surface area contributed by atoms with E-state index in [0.29, 0.717) is 11.3 Å². The number of benzene rings is 3. The van der Waals surface area contributed by atoms with Crippen LogP contribution in [0.2, 0.25) is 0 Å². The summed E-state index contributed by atoms with van der Waals surface area (Å²) in [5.41, 5.74) is 12.2. The van der Waals surface area contributed by atoms with Gasteiger partial charge >= 0.3 is 5.97 Å². The van der Waals surface area contributed by atoms with Gasteiger partial charge in [-0.3, -0.25) is 10.2 Å². The van der Waals surface area contributed by atoms with Gasteiger partial charge in [0.1, 0.15) is 5.75 Å². The third kappa shape index (κ3) is 4.57. The van der Waals surface area contributed by atoms with Crippen molar-refractivity contribution in [1.82, 2.24) is 10.4 Å². The molecule has 3 aromatic carbocycles. The molecule has 1 heterocycles. The van der Waals surface area contributed by atoms with Gasteiger partial charge in [0.15, 0.2) is 6.61 Å². The van der Waals surface area contributed by atoms with E-state index in [-0.39, 0.29) is 11.9 Å². The molecule has 4 rings (SSSR count). The number of amides is 1. The van der Waals surface area contributed by atoms with Crippen molar-refractivity contribution < 1.29 is 19.1 Å². The third-order valence-electron chi connectivity index (χ3n) is 5.10. The maximum absolute atomic E-state index is 13.0. The van der Waals surface area contributed by atoms with Gasteiger partial charge in [0.2, 0.25) is 0 Å². The number of hydrogen-bond acceptors (Lipinski definition) is 6. The zero-order valence-electron chi connectivity index (χ0n) is 17.5. The summed E-state index contributed by atoms with van der Waals surface area (Å²) in [6.07, 6.45) is 1.97. The van der Waals surface area contributed by atoms with E-state index >= 15 is 0 Å². The molecular formula is C25H23N3O4. The lowest BCUT2D eigenvalue weighted by Gasteiger charge is -2.25. The lowest BCUT2D eigenvalue weighted by atomic mass is 10.0. The molecule has 0 radical (unpaired) electrons. The van der Waals surface area contributed by atoms with Gasteiger partial charge in [-0.25, -0.2) is 9.80 Å². The number of methoxy groups -OCH3 is 1. The van der Waals surface area contributed by atoms with Crippen molar-refractivity contribution in [3.05, 3.63) is 102 Å². The number of hydrazine groups is 1. The van der Waals surface area contributed by atoms with Crippen LogP contribution in [0.3, 0.4) is 0 Å². The van der Waals surface area contributed by atoms with Crippen molar-refractivity contribution >= 4 is 23.3 Å². The first-order valence-corrected chi connectivity index (χ1v) is 10.1. The van der Waals surface area contributed by atoms with Gasteiger partial charge in [-0.2, -0.15) is 0 Å². The molecular weight excluding hydrogens is 406 g/mol. The van der Waals surface area contributed by atoms with Crippen LogP contribution in [0.25, 0.3) is 5.70 Å². The number of anilines is 1. The molecule has 0 saturated carbocycles. The van der Waals surface area contributed by atoms with E-state index in [0.717, 1.165) is 22.6 Å². The zero-order valence-corrected chi connectivity index (χ0v) is 17.5. The normalized spacial score (nSPS) is 15.0. The topological polar surface area (TPSA) is 93.9 Å². The number of nitrogens with zero attached hydrogens (tertiary/aromatic N) is 1. The highest BCUT2D eigenvalue weighted by molar-refractivity contribution is 5.92. The van der Waals surface area contributed by atoms with E-state index in [9.17, 15) is 9.59 Å². The van der Waals surface area contributed by atoms with Gasteiger partial charge in [0.25, 0.3) is 5.91 Å². The minimum Gasteiger partial charge on any atom is -0.497 e. The van der Waals surface area contributed by atoms with Crippen molar-refractivity contribution in [2.24, 2.45) is 0 Å². The molecule has 0 saturated heterocycles. The number of hydrogen-bond donors (Lipinski definition) is 2. The van der Waals surface area contributed by atoms with Crippen LogP contribution in [0.1, 0.15) is 27.5 Å². The Hall–Kier alpha value is -4.26. The Labute approximate surface area is 186 Å². The maximum atomic E-state index is 13.0. The van der Waals surface area contributed by atoms with Crippen LogP contribution in [-0.2, 0) is 9.53 Å². The largest absolute Gasteiger partial charge is 0.497 e. The molecule has 0 fully saturated rings. The first kappa shape index (κ1) is 21.0. The molecule has 1 atom stereocenters. The van der Waals surface area contributed by atoms with Crippen molar-refractivity contribution in [3.8, 4) is 5.75 Å². The van der Waals surface area contributed by atoms with E-state index in [4.69, 9.17) is 15.2 Å². The number of rotatable bonds is 6. The Morgan fingerprint density at radius 1 is 1.00 bits per heavy atom. The summed E-state index contributed by atoms with van der Waals surface area (Å²) in [5, 5.41) is 1.47. The van der Waals surface area contributed by atoms with E-state index < -0.39 is 12.6 Å². The van der Waals surface area contributed by atoms with Crippen LogP contribution in [0.4, 0.5) is 5.69 Å². The maximum Gasteiger partial charge on any atom is 0.338 e. The summed E-state index contributed by atoms with van der Waals surface area (Å²) < 4.78 is 10.5. The molecule has 0 spiro atoms. The summed E-state index contributed by atoms with van der Waals surface area (Å²) >= 11 is 0. The molecule has 1 aliphatic rings. The summed E-state index contributed by atoms with van der Waals surface area (Å²) in [7, 11) is 1.60. The van der Waals surface area contributed by atoms with Crippen LogP contribution in [-0.4, -0.2) is 30.6 Å². The lowest BCUT2D eigenvalue weighted by molar-refractivity contribution is -0.137. The average Bonchev–Trinajstić information content (AvgIpc) is 3.28. The Morgan fingerprint density at radius 2 is 1.75 bits per heavy atom. The quantitative estimate of drug-likeness (QED) is 0.460. The van der Waals surface area contributed by atoms with E-state index in [1.54, 1.807) is 25.3 Å². The molecule has 1 amide bonds. The van der Waals surface area contributed by atoms with Crippen molar-refractivity contribution in [2.45, 2.75) is 6.04 Å². The molecule has 0 bridgehead atoms. The molecule has 3 N–H and O–H groups in total. The van der Waals surface area contributed by atoms with Crippen molar-refractivity contribution in [2.75, 3.05) is 19.5 Å². The van der Waals surface area contributed by atoms with Crippen LogP contribution in [0.5, 0.6) is 5.75 Å². The predicted octanol–water partition coefficient (Wildman–Crippen LogP) is 3.56. The van der Waals surface area contributed by atoms with Crippen LogP contribution >= 0.6 is 0 Å². The number of nitrogens with one attached hydrogen (secondary N) is 1. The van der Waals surface area contributed by atoms with Gasteiger partial charge in [0, 0.05) is 5.69 Å². The monoisotopic (exact) mass is 429 g/mol. The highest BCUT2D eigenvalue weighted by Crippen LogP contribution is 2.32. The highest BCUT2D eigenvalue weighted by atomic mass is 16.5. The third-order valence-corrected chi connectivity index (χ3v) is 5.10. The number of ether oxygens (including phenoxy) is 2. The second-order valence-corrected chi connectivity index (χ2v) is 7.24. The van der Waals surface area contributed by atoms with E-state index in [1.807, 2.05) is 60.7 Å². The number of nitrogens with two attached hydrogens (primary N) is 1. The Bertz CT molecular complexity index is 1140. The molecule has 32 heavy (non-hydrogen) atoms. The second-order valence-electron chi connectivity index (χ2n) is 7.24. The first-order chi connectivity index (χ1) is 15.5. The summed E-state index contributed by atoms with van der Waals surface area (Å²) in [6, 6.07) is 23.2. The summed E-state index contributed by atoms with van der Waals surface area (Å²) in [6.45, 7) is -0.413. The number of esters is 1. The number of nitrogen functional groups attached to an aromatic ring is 1. The standard InChI is InChI=1S/C25H23N3O4/c1-31-21-12-10-18(11-13-21)23-15-22(17-6-3-2-4-7-17)27-28(23)24(29)16-32-25(30)19-8-5-9-20(26)14-19/h2-15,23,27H,16,26H2,1H3/t23-/m1/s1. The summed E-state index contributed by atoms with van der Waals surface area (Å²) in [5.74, 6) is -0.270. The predicted molar refractivity (Wildman–Crippen MR) is 121 cm³/mol. The van der Waals surface area contributed by atoms with Gasteiger partial charge in [-0.15, -0.1) is 0 Å². The zero-order chi connectivity index (χ0) is 22.5. The average molecular weight is 429 g/mol. The fraction of sp³-hybridized carbons (Fsp3) is 0.120. The molecule has 1 aliphatic heterocycles. The Balaban J connectivity index is 1.53. The van der Waals surface area contributed by atoms with Gasteiger partial charge in [-0.1, -0.05) is 48.5 Å². The molecule has 7 heteroatoms.